The molecule has 0 bridgehead atoms. The van der Waals surface area contributed by atoms with Crippen LogP contribution in [0.15, 0.2) is 23.4 Å². The number of aliphatic hydroxyl groups is 1. The van der Waals surface area contributed by atoms with E-state index in [2.05, 4.69) is 18.1 Å². The first-order valence-electron chi connectivity index (χ1n) is 8.66. The van der Waals surface area contributed by atoms with Crippen molar-refractivity contribution in [2.75, 3.05) is 7.11 Å². The number of hydrogen-bond acceptors (Lipinski definition) is 4. The van der Waals surface area contributed by atoms with Gasteiger partial charge in [0.2, 0.25) is 0 Å². The fraction of sp³-hybridized carbons (Fsp3) is 0.632. The summed E-state index contributed by atoms with van der Waals surface area (Å²) in [6.07, 6.45) is 4.64. The highest BCUT2D eigenvalue weighted by molar-refractivity contribution is 5.95. The molecule has 4 heteroatoms. The molecular weight excluding hydrogens is 290 g/mol. The first kappa shape index (κ1) is 15.0. The predicted octanol–water partition coefficient (Wildman–Crippen LogP) is 3.22. The largest absolute Gasteiger partial charge is 0.508 e. The van der Waals surface area contributed by atoms with Crippen LogP contribution in [0.2, 0.25) is 0 Å². The zero-order valence-electron chi connectivity index (χ0n) is 13.8. The van der Waals surface area contributed by atoms with Crippen molar-refractivity contribution in [1.82, 2.24) is 0 Å². The summed E-state index contributed by atoms with van der Waals surface area (Å²) in [5.41, 5.74) is 3.53. The Kier molecular flexibility index (Phi) is 3.41. The molecule has 0 aromatic heterocycles. The number of aromatic hydroxyl groups is 1. The second kappa shape index (κ2) is 5.23. The lowest BCUT2D eigenvalue weighted by molar-refractivity contribution is 0.0843. The molecule has 0 spiro atoms. The van der Waals surface area contributed by atoms with E-state index in [4.69, 9.17) is 4.84 Å². The Morgan fingerprint density at radius 1 is 1.30 bits per heavy atom. The molecule has 0 radical (unpaired) electrons. The first-order valence-corrected chi connectivity index (χ1v) is 8.66. The van der Waals surface area contributed by atoms with Crippen molar-refractivity contribution in [3.8, 4) is 5.75 Å². The molecule has 0 aliphatic heterocycles. The number of benzene rings is 1. The first-order chi connectivity index (χ1) is 11.0. The normalized spacial score (nSPS) is 40.4. The molecule has 23 heavy (non-hydrogen) atoms. The van der Waals surface area contributed by atoms with Crippen molar-refractivity contribution in [2.24, 2.45) is 22.4 Å². The highest BCUT2D eigenvalue weighted by Crippen LogP contribution is 2.60. The maximum absolute atomic E-state index is 10.5. The summed E-state index contributed by atoms with van der Waals surface area (Å²) in [5, 5.41) is 24.4. The molecule has 2 saturated carbocycles. The monoisotopic (exact) mass is 315 g/mol. The summed E-state index contributed by atoms with van der Waals surface area (Å²) in [4.78, 5) is 5.02. The molecule has 5 atom stereocenters. The van der Waals surface area contributed by atoms with Crippen molar-refractivity contribution in [1.29, 1.82) is 0 Å². The van der Waals surface area contributed by atoms with Crippen molar-refractivity contribution in [3.05, 3.63) is 29.3 Å². The summed E-state index contributed by atoms with van der Waals surface area (Å²) < 4.78 is 0. The Balaban J connectivity index is 1.71. The SMILES string of the molecule is CO/N=C1/[C@H](O)C[C@H]2[C@@H]3CCc4cc(O)ccc4[C@H]3CC[C@]12C. The molecule has 124 valence electrons. The molecule has 0 amide bonds. The summed E-state index contributed by atoms with van der Waals surface area (Å²) in [6.45, 7) is 2.26. The lowest BCUT2D eigenvalue weighted by Gasteiger charge is -2.48. The van der Waals surface area contributed by atoms with E-state index < -0.39 is 6.10 Å². The molecule has 3 aliphatic carbocycles. The molecule has 3 aliphatic rings. The smallest absolute Gasteiger partial charge is 0.115 e. The van der Waals surface area contributed by atoms with Gasteiger partial charge in [0.05, 0.1) is 11.8 Å². The van der Waals surface area contributed by atoms with Gasteiger partial charge in [-0.15, -0.1) is 0 Å². The standard InChI is InChI=1S/C19H25NO3/c1-19-8-7-14-13-6-4-12(21)9-11(13)3-5-15(14)16(19)10-17(22)18(19)20-23-2/h4,6,9,14-17,21-22H,3,5,7-8,10H2,1-2H3/b20-18-/t14-,15-,16+,17-,19+/m1/s1. The number of phenols is 1. The Morgan fingerprint density at radius 3 is 2.91 bits per heavy atom. The number of fused-ring (bicyclic) bond motifs is 5. The van der Waals surface area contributed by atoms with E-state index >= 15 is 0 Å². The molecule has 0 heterocycles. The van der Waals surface area contributed by atoms with E-state index in [0.717, 1.165) is 37.8 Å². The van der Waals surface area contributed by atoms with Gasteiger partial charge in [-0.3, -0.25) is 0 Å². The Morgan fingerprint density at radius 2 is 2.13 bits per heavy atom. The van der Waals surface area contributed by atoms with Crippen LogP contribution in [0.25, 0.3) is 0 Å². The van der Waals surface area contributed by atoms with Crippen molar-refractivity contribution >= 4 is 5.71 Å². The van der Waals surface area contributed by atoms with Crippen molar-refractivity contribution in [2.45, 2.75) is 51.0 Å². The highest BCUT2D eigenvalue weighted by atomic mass is 16.6. The van der Waals surface area contributed by atoms with Gasteiger partial charge in [0.25, 0.3) is 0 Å². The summed E-state index contributed by atoms with van der Waals surface area (Å²) in [6, 6.07) is 5.86. The van der Waals surface area contributed by atoms with E-state index in [-0.39, 0.29) is 5.41 Å². The number of rotatable bonds is 1. The van der Waals surface area contributed by atoms with Gasteiger partial charge in [-0.2, -0.15) is 0 Å². The van der Waals surface area contributed by atoms with Crippen LogP contribution in [-0.2, 0) is 11.3 Å². The average Bonchev–Trinajstić information content (AvgIpc) is 2.79. The molecular formula is C19H25NO3. The van der Waals surface area contributed by atoms with Crippen molar-refractivity contribution < 1.29 is 15.1 Å². The van der Waals surface area contributed by atoms with Crippen LogP contribution in [0, 0.1) is 17.3 Å². The van der Waals surface area contributed by atoms with E-state index in [0.29, 0.717) is 23.5 Å². The summed E-state index contributed by atoms with van der Waals surface area (Å²) in [7, 11) is 1.56. The number of phenolic OH excluding ortho intramolecular Hbond substituents is 1. The van der Waals surface area contributed by atoms with Crippen LogP contribution in [-0.4, -0.2) is 29.1 Å². The fourth-order valence-corrected chi connectivity index (χ4v) is 5.64. The van der Waals surface area contributed by atoms with E-state index in [9.17, 15) is 10.2 Å². The van der Waals surface area contributed by atoms with Crippen LogP contribution in [0.3, 0.4) is 0 Å². The van der Waals surface area contributed by atoms with Gasteiger partial charge >= 0.3 is 0 Å². The number of aliphatic hydroxyl groups excluding tert-OH is 1. The van der Waals surface area contributed by atoms with Gasteiger partial charge in [0.1, 0.15) is 12.9 Å². The van der Waals surface area contributed by atoms with Crippen LogP contribution < -0.4 is 0 Å². The lowest BCUT2D eigenvalue weighted by Crippen LogP contribution is -2.43. The third kappa shape index (κ3) is 2.11. The molecule has 0 saturated heterocycles. The van der Waals surface area contributed by atoms with E-state index in [1.54, 1.807) is 7.11 Å². The Labute approximate surface area is 137 Å². The predicted molar refractivity (Wildman–Crippen MR) is 88.6 cm³/mol. The van der Waals surface area contributed by atoms with Gasteiger partial charge in [0.15, 0.2) is 0 Å². The van der Waals surface area contributed by atoms with Crippen LogP contribution >= 0.6 is 0 Å². The number of aryl methyl sites for hydroxylation is 1. The molecule has 4 rings (SSSR count). The zero-order valence-corrected chi connectivity index (χ0v) is 13.8. The second-order valence-electron chi connectivity index (χ2n) is 7.67. The zero-order chi connectivity index (χ0) is 16.2. The maximum atomic E-state index is 10.5. The molecule has 1 aromatic rings. The van der Waals surface area contributed by atoms with Gasteiger partial charge in [0, 0.05) is 5.41 Å². The Bertz CT molecular complexity index is 656. The van der Waals surface area contributed by atoms with Crippen LogP contribution in [0.1, 0.15) is 49.7 Å². The maximum Gasteiger partial charge on any atom is 0.115 e. The fourth-order valence-electron chi connectivity index (χ4n) is 5.64. The second-order valence-corrected chi connectivity index (χ2v) is 7.67. The Hall–Kier alpha value is -1.55. The van der Waals surface area contributed by atoms with Crippen molar-refractivity contribution in [3.63, 3.8) is 0 Å². The van der Waals surface area contributed by atoms with Gasteiger partial charge in [-0.25, -0.2) is 0 Å². The third-order valence-corrected chi connectivity index (χ3v) is 6.67. The molecule has 2 N–H and O–H groups in total. The molecule has 1 aromatic carbocycles. The minimum Gasteiger partial charge on any atom is -0.508 e. The van der Waals surface area contributed by atoms with Gasteiger partial charge in [-0.05, 0) is 73.1 Å². The molecule has 0 unspecified atom stereocenters. The quantitative estimate of drug-likeness (QED) is 0.782. The van der Waals surface area contributed by atoms with Gasteiger partial charge < -0.3 is 15.1 Å². The van der Waals surface area contributed by atoms with E-state index in [1.165, 1.54) is 11.1 Å². The number of oxime groups is 1. The lowest BCUT2D eigenvalue weighted by atomic mass is 9.55. The number of hydrogen-bond donors (Lipinski definition) is 2. The summed E-state index contributed by atoms with van der Waals surface area (Å²) >= 11 is 0. The average molecular weight is 315 g/mol. The van der Waals surface area contributed by atoms with Gasteiger partial charge in [-0.1, -0.05) is 18.1 Å². The number of nitrogens with zero attached hydrogens (tertiary/aromatic N) is 1. The third-order valence-electron chi connectivity index (χ3n) is 6.67. The summed E-state index contributed by atoms with van der Waals surface area (Å²) in [5.74, 6) is 1.97. The topological polar surface area (TPSA) is 62.0 Å². The highest BCUT2D eigenvalue weighted by Gasteiger charge is 2.57. The molecule has 2 fully saturated rings. The minimum atomic E-state index is -0.468. The van der Waals surface area contributed by atoms with E-state index in [1.807, 2.05) is 12.1 Å². The molecule has 4 nitrogen and oxygen atoms in total. The van der Waals surface area contributed by atoms with Crippen LogP contribution in [0.5, 0.6) is 5.75 Å². The minimum absolute atomic E-state index is 0.0367. The van der Waals surface area contributed by atoms with Crippen LogP contribution in [0.4, 0.5) is 0 Å².